The lowest BCUT2D eigenvalue weighted by Crippen LogP contribution is -2.32. The first-order valence-electron chi connectivity index (χ1n) is 6.32. The zero-order chi connectivity index (χ0) is 15.6. The Balaban J connectivity index is 2.41. The lowest BCUT2D eigenvalue weighted by atomic mass is 9.88. The summed E-state index contributed by atoms with van der Waals surface area (Å²) in [6, 6.07) is 5.27. The van der Waals surface area contributed by atoms with Gasteiger partial charge in [0.1, 0.15) is 0 Å². The van der Waals surface area contributed by atoms with Crippen LogP contribution in [0, 0.1) is 5.41 Å². The summed E-state index contributed by atoms with van der Waals surface area (Å²) in [6.07, 6.45) is 0.476. The Morgan fingerprint density at radius 2 is 2.24 bits per heavy atom. The SMILES string of the molecule is CCC(C)(Cn1nnnc1-c1ccc(Cl)cc1Br)C(=O)O. The van der Waals surface area contributed by atoms with Crippen LogP contribution < -0.4 is 0 Å². The molecule has 0 fully saturated rings. The monoisotopic (exact) mass is 372 g/mol. The van der Waals surface area contributed by atoms with Crippen LogP contribution in [-0.4, -0.2) is 31.3 Å². The second-order valence-corrected chi connectivity index (χ2v) is 6.29. The first-order chi connectivity index (χ1) is 9.87. The Bertz CT molecular complexity index is 676. The van der Waals surface area contributed by atoms with Gasteiger partial charge in [-0.25, -0.2) is 4.68 Å². The molecule has 21 heavy (non-hydrogen) atoms. The molecular formula is C13H14BrClN4O2. The number of halogens is 2. The van der Waals surface area contributed by atoms with Gasteiger partial charge in [-0.05, 0) is 57.9 Å². The van der Waals surface area contributed by atoms with Crippen molar-refractivity contribution >= 4 is 33.5 Å². The number of hydrogen-bond donors (Lipinski definition) is 1. The fourth-order valence-corrected chi connectivity index (χ4v) is 2.70. The number of hydrogen-bond acceptors (Lipinski definition) is 4. The van der Waals surface area contributed by atoms with E-state index < -0.39 is 11.4 Å². The molecule has 0 amide bonds. The summed E-state index contributed by atoms with van der Waals surface area (Å²) in [5, 5.41) is 21.5. The Kier molecular flexibility index (Phi) is 4.63. The molecule has 1 atom stereocenters. The van der Waals surface area contributed by atoms with E-state index in [0.717, 1.165) is 10.0 Å². The van der Waals surface area contributed by atoms with Crippen molar-refractivity contribution in [3.05, 3.63) is 27.7 Å². The van der Waals surface area contributed by atoms with E-state index in [1.807, 2.05) is 6.92 Å². The maximum Gasteiger partial charge on any atom is 0.311 e. The molecule has 0 radical (unpaired) electrons. The maximum absolute atomic E-state index is 11.4. The highest BCUT2D eigenvalue weighted by atomic mass is 79.9. The number of carboxylic acid groups (broad SMARTS) is 1. The molecule has 1 aromatic heterocycles. The van der Waals surface area contributed by atoms with Crippen molar-refractivity contribution in [2.75, 3.05) is 0 Å². The van der Waals surface area contributed by atoms with E-state index in [9.17, 15) is 9.90 Å². The van der Waals surface area contributed by atoms with Gasteiger partial charge in [-0.1, -0.05) is 18.5 Å². The number of carbonyl (C=O) groups is 1. The topological polar surface area (TPSA) is 80.9 Å². The van der Waals surface area contributed by atoms with Crippen LogP contribution in [0.2, 0.25) is 5.02 Å². The predicted octanol–water partition coefficient (Wildman–Crippen LogP) is 3.26. The number of carboxylic acids is 1. The highest BCUT2D eigenvalue weighted by Crippen LogP contribution is 2.31. The fourth-order valence-electron chi connectivity index (χ4n) is 1.84. The molecule has 0 bridgehead atoms. The van der Waals surface area contributed by atoms with Crippen LogP contribution in [0.15, 0.2) is 22.7 Å². The summed E-state index contributed by atoms with van der Waals surface area (Å²) in [5.41, 5.74) is -0.170. The Hall–Kier alpha value is -1.47. The minimum absolute atomic E-state index is 0.191. The van der Waals surface area contributed by atoms with Gasteiger partial charge in [0.15, 0.2) is 5.82 Å². The number of aliphatic carboxylic acids is 1. The van der Waals surface area contributed by atoms with E-state index in [4.69, 9.17) is 11.6 Å². The molecule has 1 N–H and O–H groups in total. The van der Waals surface area contributed by atoms with Gasteiger partial charge in [0.05, 0.1) is 12.0 Å². The lowest BCUT2D eigenvalue weighted by Gasteiger charge is -2.22. The van der Waals surface area contributed by atoms with Gasteiger partial charge in [0.2, 0.25) is 0 Å². The van der Waals surface area contributed by atoms with Gasteiger partial charge in [-0.2, -0.15) is 0 Å². The molecule has 0 saturated carbocycles. The van der Waals surface area contributed by atoms with Gasteiger partial charge in [-0.15, -0.1) is 5.10 Å². The summed E-state index contributed by atoms with van der Waals surface area (Å²) < 4.78 is 2.26. The molecule has 1 unspecified atom stereocenters. The van der Waals surface area contributed by atoms with Gasteiger partial charge in [-0.3, -0.25) is 4.79 Å². The molecular weight excluding hydrogens is 360 g/mol. The van der Waals surface area contributed by atoms with E-state index in [2.05, 4.69) is 31.5 Å². The van der Waals surface area contributed by atoms with Crippen molar-refractivity contribution < 1.29 is 9.90 Å². The molecule has 2 rings (SSSR count). The number of aromatic nitrogens is 4. The third kappa shape index (κ3) is 3.24. The number of benzene rings is 1. The lowest BCUT2D eigenvalue weighted by molar-refractivity contribution is -0.149. The highest BCUT2D eigenvalue weighted by molar-refractivity contribution is 9.10. The third-order valence-corrected chi connectivity index (χ3v) is 4.39. The highest BCUT2D eigenvalue weighted by Gasteiger charge is 2.33. The average Bonchev–Trinajstić information content (AvgIpc) is 2.86. The van der Waals surface area contributed by atoms with Crippen molar-refractivity contribution in [1.82, 2.24) is 20.2 Å². The van der Waals surface area contributed by atoms with E-state index in [1.165, 1.54) is 4.68 Å². The fraction of sp³-hybridized carbons (Fsp3) is 0.385. The molecule has 1 heterocycles. The quantitative estimate of drug-likeness (QED) is 0.870. The minimum atomic E-state index is -0.928. The number of nitrogens with zero attached hydrogens (tertiary/aromatic N) is 4. The van der Waals surface area contributed by atoms with Gasteiger partial charge >= 0.3 is 5.97 Å². The van der Waals surface area contributed by atoms with Crippen molar-refractivity contribution in [1.29, 1.82) is 0 Å². The second kappa shape index (κ2) is 6.11. The molecule has 0 saturated heterocycles. The summed E-state index contributed by atoms with van der Waals surface area (Å²) in [5.74, 6) is -0.374. The molecule has 0 spiro atoms. The van der Waals surface area contributed by atoms with Crippen molar-refractivity contribution in [3.8, 4) is 11.4 Å². The molecule has 2 aromatic rings. The largest absolute Gasteiger partial charge is 0.481 e. The van der Waals surface area contributed by atoms with Crippen LogP contribution >= 0.6 is 27.5 Å². The van der Waals surface area contributed by atoms with Crippen LogP contribution in [0.3, 0.4) is 0 Å². The van der Waals surface area contributed by atoms with Crippen LogP contribution in [-0.2, 0) is 11.3 Å². The molecule has 0 aliphatic rings. The summed E-state index contributed by atoms with van der Waals surface area (Å²) in [7, 11) is 0. The molecule has 8 heteroatoms. The Morgan fingerprint density at radius 1 is 1.52 bits per heavy atom. The summed E-state index contributed by atoms with van der Waals surface area (Å²) >= 11 is 9.34. The standard InChI is InChI=1S/C13H14BrClN4O2/c1-3-13(2,12(20)21)7-19-11(16-17-18-19)9-5-4-8(15)6-10(9)14/h4-6H,3,7H2,1-2H3,(H,20,21). The average molecular weight is 374 g/mol. The van der Waals surface area contributed by atoms with Gasteiger partial charge in [0.25, 0.3) is 0 Å². The first-order valence-corrected chi connectivity index (χ1v) is 7.49. The van der Waals surface area contributed by atoms with Crippen LogP contribution in [0.4, 0.5) is 0 Å². The molecule has 0 aliphatic carbocycles. The van der Waals surface area contributed by atoms with Crippen LogP contribution in [0.5, 0.6) is 0 Å². The van der Waals surface area contributed by atoms with Crippen LogP contribution in [0.25, 0.3) is 11.4 Å². The van der Waals surface area contributed by atoms with E-state index in [-0.39, 0.29) is 6.54 Å². The van der Waals surface area contributed by atoms with E-state index in [1.54, 1.807) is 25.1 Å². The maximum atomic E-state index is 11.4. The molecule has 112 valence electrons. The molecule has 0 aliphatic heterocycles. The van der Waals surface area contributed by atoms with Crippen LogP contribution in [0.1, 0.15) is 20.3 Å². The van der Waals surface area contributed by atoms with Crippen molar-refractivity contribution in [2.45, 2.75) is 26.8 Å². The molecule has 6 nitrogen and oxygen atoms in total. The van der Waals surface area contributed by atoms with Crippen molar-refractivity contribution in [3.63, 3.8) is 0 Å². The summed E-state index contributed by atoms with van der Waals surface area (Å²) in [4.78, 5) is 11.4. The Labute approximate surface area is 135 Å². The number of rotatable bonds is 5. The van der Waals surface area contributed by atoms with Gasteiger partial charge < -0.3 is 5.11 Å². The van der Waals surface area contributed by atoms with E-state index >= 15 is 0 Å². The third-order valence-electron chi connectivity index (χ3n) is 3.50. The van der Waals surface area contributed by atoms with Crippen molar-refractivity contribution in [2.24, 2.45) is 5.41 Å². The van der Waals surface area contributed by atoms with E-state index in [0.29, 0.717) is 17.3 Å². The minimum Gasteiger partial charge on any atom is -0.481 e. The number of tetrazole rings is 1. The molecule has 1 aromatic carbocycles. The smallest absolute Gasteiger partial charge is 0.311 e. The first kappa shape index (κ1) is 15.9. The normalized spacial score (nSPS) is 13.9. The summed E-state index contributed by atoms with van der Waals surface area (Å²) in [6.45, 7) is 3.70. The Morgan fingerprint density at radius 3 is 2.81 bits per heavy atom. The zero-order valence-electron chi connectivity index (χ0n) is 11.5. The predicted molar refractivity (Wildman–Crippen MR) is 82.0 cm³/mol. The second-order valence-electron chi connectivity index (χ2n) is 5.00. The zero-order valence-corrected chi connectivity index (χ0v) is 13.9. The van der Waals surface area contributed by atoms with Gasteiger partial charge in [0, 0.05) is 15.1 Å².